The molecule has 0 aromatic heterocycles. The SMILES string of the molecule is CN=C(NCc1ccc(C#N)cc1F)NC1CCN(Cc2ccc(Cl)cc2)CC1.I. The number of guanidine groups is 1. The average molecular weight is 542 g/mol. The first-order valence-corrected chi connectivity index (χ1v) is 10.1. The molecule has 0 unspecified atom stereocenters. The Morgan fingerprint density at radius 2 is 1.93 bits per heavy atom. The lowest BCUT2D eigenvalue weighted by Crippen LogP contribution is -2.48. The van der Waals surface area contributed by atoms with Gasteiger partial charge in [-0.05, 0) is 42.7 Å². The standard InChI is InChI=1S/C22H25ClFN5.HI/c1-26-22(27-14-18-5-2-17(13-25)12-21(18)24)28-20-8-10-29(11-9-20)15-16-3-6-19(23)7-4-16;/h2-7,12,20H,8-11,14-15H2,1H3,(H2,26,27,28);1H. The maximum Gasteiger partial charge on any atom is 0.191 e. The highest BCUT2D eigenvalue weighted by Gasteiger charge is 2.20. The third-order valence-electron chi connectivity index (χ3n) is 5.10. The summed E-state index contributed by atoms with van der Waals surface area (Å²) in [4.78, 5) is 6.68. The van der Waals surface area contributed by atoms with Crippen molar-refractivity contribution in [2.75, 3.05) is 20.1 Å². The van der Waals surface area contributed by atoms with Crippen LogP contribution in [0.5, 0.6) is 0 Å². The van der Waals surface area contributed by atoms with Crippen LogP contribution in [-0.4, -0.2) is 37.0 Å². The third-order valence-corrected chi connectivity index (χ3v) is 5.35. The molecule has 0 bridgehead atoms. The molecule has 160 valence electrons. The second kappa shape index (κ2) is 12.1. The van der Waals surface area contributed by atoms with Gasteiger partial charge in [-0.3, -0.25) is 9.89 Å². The normalized spacial score (nSPS) is 15.2. The van der Waals surface area contributed by atoms with Crippen LogP contribution in [0.25, 0.3) is 0 Å². The minimum absolute atomic E-state index is 0. The summed E-state index contributed by atoms with van der Waals surface area (Å²) in [6.07, 6.45) is 2.03. The van der Waals surface area contributed by atoms with Crippen LogP contribution >= 0.6 is 35.6 Å². The molecule has 2 aromatic rings. The maximum atomic E-state index is 14.0. The number of aliphatic imine (C=N–C) groups is 1. The van der Waals surface area contributed by atoms with E-state index in [1.807, 2.05) is 18.2 Å². The van der Waals surface area contributed by atoms with E-state index in [0.717, 1.165) is 37.5 Å². The van der Waals surface area contributed by atoms with Gasteiger partial charge in [-0.1, -0.05) is 29.8 Å². The quantitative estimate of drug-likeness (QED) is 0.337. The first kappa shape index (κ1) is 24.4. The summed E-state index contributed by atoms with van der Waals surface area (Å²) in [6.45, 7) is 3.24. The summed E-state index contributed by atoms with van der Waals surface area (Å²) >= 11 is 5.95. The lowest BCUT2D eigenvalue weighted by Gasteiger charge is -2.33. The highest BCUT2D eigenvalue weighted by molar-refractivity contribution is 14.0. The summed E-state index contributed by atoms with van der Waals surface area (Å²) in [6, 6.07) is 14.8. The summed E-state index contributed by atoms with van der Waals surface area (Å²) < 4.78 is 14.0. The molecule has 5 nitrogen and oxygen atoms in total. The van der Waals surface area contributed by atoms with E-state index < -0.39 is 0 Å². The number of nitrogens with one attached hydrogen (secondary N) is 2. The minimum atomic E-state index is -0.387. The number of rotatable bonds is 5. The van der Waals surface area contributed by atoms with E-state index in [1.54, 1.807) is 19.2 Å². The lowest BCUT2D eigenvalue weighted by molar-refractivity contribution is 0.198. The number of piperidine rings is 1. The van der Waals surface area contributed by atoms with Crippen molar-refractivity contribution in [1.82, 2.24) is 15.5 Å². The largest absolute Gasteiger partial charge is 0.354 e. The van der Waals surface area contributed by atoms with Gasteiger partial charge < -0.3 is 10.6 Å². The predicted molar refractivity (Wildman–Crippen MR) is 130 cm³/mol. The third kappa shape index (κ3) is 7.11. The zero-order valence-electron chi connectivity index (χ0n) is 16.9. The molecule has 0 amide bonds. The van der Waals surface area contributed by atoms with Gasteiger partial charge in [0.1, 0.15) is 5.82 Å². The van der Waals surface area contributed by atoms with E-state index >= 15 is 0 Å². The molecule has 1 heterocycles. The number of nitrogens with zero attached hydrogens (tertiary/aromatic N) is 3. The van der Waals surface area contributed by atoms with Crippen LogP contribution in [0.15, 0.2) is 47.5 Å². The smallest absolute Gasteiger partial charge is 0.191 e. The number of halogens is 3. The zero-order valence-corrected chi connectivity index (χ0v) is 20.0. The summed E-state index contributed by atoms with van der Waals surface area (Å²) in [5, 5.41) is 16.2. The molecule has 2 aromatic carbocycles. The molecule has 1 fully saturated rings. The van der Waals surface area contributed by atoms with Crippen molar-refractivity contribution in [2.24, 2.45) is 4.99 Å². The average Bonchev–Trinajstić information content (AvgIpc) is 2.74. The highest BCUT2D eigenvalue weighted by Crippen LogP contribution is 2.16. The van der Waals surface area contributed by atoms with Gasteiger partial charge in [-0.2, -0.15) is 5.26 Å². The van der Waals surface area contributed by atoms with Crippen molar-refractivity contribution < 1.29 is 4.39 Å². The van der Waals surface area contributed by atoms with Gasteiger partial charge in [-0.15, -0.1) is 24.0 Å². The fraction of sp³-hybridized carbons (Fsp3) is 0.364. The summed E-state index contributed by atoms with van der Waals surface area (Å²) in [7, 11) is 1.71. The van der Waals surface area contributed by atoms with Crippen molar-refractivity contribution in [3.05, 3.63) is 70.0 Å². The first-order valence-electron chi connectivity index (χ1n) is 9.70. The summed E-state index contributed by atoms with van der Waals surface area (Å²) in [5.74, 6) is 0.271. The lowest BCUT2D eigenvalue weighted by atomic mass is 10.0. The molecular formula is C22H26ClFIN5. The van der Waals surface area contributed by atoms with Gasteiger partial charge in [0.05, 0.1) is 11.6 Å². The molecule has 0 atom stereocenters. The van der Waals surface area contributed by atoms with Crippen molar-refractivity contribution in [3.8, 4) is 6.07 Å². The van der Waals surface area contributed by atoms with Gasteiger partial charge in [0.25, 0.3) is 0 Å². The molecule has 2 N–H and O–H groups in total. The topological polar surface area (TPSA) is 63.5 Å². The highest BCUT2D eigenvalue weighted by atomic mass is 127. The molecular weight excluding hydrogens is 516 g/mol. The van der Waals surface area contributed by atoms with E-state index in [2.05, 4.69) is 32.7 Å². The fourth-order valence-electron chi connectivity index (χ4n) is 3.41. The van der Waals surface area contributed by atoms with Gasteiger partial charge in [0.15, 0.2) is 5.96 Å². The monoisotopic (exact) mass is 541 g/mol. The number of nitriles is 1. The zero-order chi connectivity index (χ0) is 20.6. The van der Waals surface area contributed by atoms with Crippen LogP contribution in [-0.2, 0) is 13.1 Å². The Balaban J connectivity index is 0.00000320. The first-order chi connectivity index (χ1) is 14.1. The Bertz CT molecular complexity index is 889. The second-order valence-corrected chi connectivity index (χ2v) is 7.60. The second-order valence-electron chi connectivity index (χ2n) is 7.16. The van der Waals surface area contributed by atoms with Crippen LogP contribution in [0.2, 0.25) is 5.02 Å². The number of hydrogen-bond donors (Lipinski definition) is 2. The Hall–Kier alpha value is -1.89. The molecule has 1 saturated heterocycles. The van der Waals surface area contributed by atoms with Gasteiger partial charge in [-0.25, -0.2) is 4.39 Å². The molecule has 30 heavy (non-hydrogen) atoms. The Morgan fingerprint density at radius 1 is 1.23 bits per heavy atom. The van der Waals surface area contributed by atoms with E-state index in [4.69, 9.17) is 16.9 Å². The number of benzene rings is 2. The van der Waals surface area contributed by atoms with Crippen molar-refractivity contribution in [1.29, 1.82) is 5.26 Å². The molecule has 1 aliphatic rings. The molecule has 0 saturated carbocycles. The Labute approximate surface area is 199 Å². The van der Waals surface area contributed by atoms with Crippen molar-refractivity contribution >= 4 is 41.5 Å². The van der Waals surface area contributed by atoms with Crippen LogP contribution in [0.3, 0.4) is 0 Å². The van der Waals surface area contributed by atoms with E-state index in [-0.39, 0.29) is 29.8 Å². The molecule has 0 radical (unpaired) electrons. The van der Waals surface area contributed by atoms with Crippen LogP contribution in [0, 0.1) is 17.1 Å². The maximum absolute atomic E-state index is 14.0. The molecule has 8 heteroatoms. The van der Waals surface area contributed by atoms with E-state index in [9.17, 15) is 4.39 Å². The van der Waals surface area contributed by atoms with Crippen molar-refractivity contribution in [2.45, 2.75) is 32.0 Å². The van der Waals surface area contributed by atoms with Gasteiger partial charge in [0.2, 0.25) is 0 Å². The van der Waals surface area contributed by atoms with Crippen LogP contribution in [0.1, 0.15) is 29.5 Å². The summed E-state index contributed by atoms with van der Waals surface area (Å²) in [5.41, 5.74) is 2.09. The number of hydrogen-bond acceptors (Lipinski definition) is 3. The fourth-order valence-corrected chi connectivity index (χ4v) is 3.54. The van der Waals surface area contributed by atoms with Gasteiger partial charge in [0, 0.05) is 49.9 Å². The Morgan fingerprint density at radius 3 is 2.53 bits per heavy atom. The van der Waals surface area contributed by atoms with Crippen LogP contribution in [0.4, 0.5) is 4.39 Å². The Kier molecular flexibility index (Phi) is 9.82. The minimum Gasteiger partial charge on any atom is -0.354 e. The van der Waals surface area contributed by atoms with Gasteiger partial charge >= 0.3 is 0 Å². The molecule has 0 spiro atoms. The predicted octanol–water partition coefficient (Wildman–Crippen LogP) is 4.30. The number of likely N-dealkylation sites (tertiary alicyclic amines) is 1. The molecule has 1 aliphatic heterocycles. The molecule has 0 aliphatic carbocycles. The van der Waals surface area contributed by atoms with E-state index in [0.29, 0.717) is 29.7 Å². The molecule has 3 rings (SSSR count). The van der Waals surface area contributed by atoms with Crippen LogP contribution < -0.4 is 10.6 Å². The van der Waals surface area contributed by atoms with E-state index in [1.165, 1.54) is 11.6 Å². The van der Waals surface area contributed by atoms with Crippen molar-refractivity contribution in [3.63, 3.8) is 0 Å².